The number of nitrogens with zero attached hydrogens (tertiary/aromatic N) is 4. The molecule has 0 amide bonds. The Morgan fingerprint density at radius 2 is 1.88 bits per heavy atom. The molecule has 100 valence electrons. The Hall–Kier alpha value is -0.770. The average molecular weight is 240 g/mol. The molecule has 0 bridgehead atoms. The second-order valence-electron chi connectivity index (χ2n) is 5.52. The highest BCUT2D eigenvalue weighted by Crippen LogP contribution is 2.14. The summed E-state index contributed by atoms with van der Waals surface area (Å²) < 4.78 is 0. The lowest BCUT2D eigenvalue weighted by Crippen LogP contribution is -2.38. The second-order valence-corrected chi connectivity index (χ2v) is 5.52. The minimum absolute atomic E-state index is 0.856. The Balaban J connectivity index is 2.36. The summed E-state index contributed by atoms with van der Waals surface area (Å²) in [6.07, 6.45) is 2.74. The molecule has 1 saturated heterocycles. The van der Waals surface area contributed by atoms with Crippen LogP contribution in [0.5, 0.6) is 0 Å². The molecule has 4 heteroatoms. The van der Waals surface area contributed by atoms with Crippen LogP contribution in [0.15, 0.2) is 4.99 Å². The summed E-state index contributed by atoms with van der Waals surface area (Å²) in [5.41, 5.74) is 0. The fourth-order valence-corrected chi connectivity index (χ4v) is 2.46. The van der Waals surface area contributed by atoms with Crippen molar-refractivity contribution < 1.29 is 0 Å². The SMILES string of the molecule is C[C@H]1CCCN(CCN=C(N(C)C)N(C)C)C1. The third-order valence-corrected chi connectivity index (χ3v) is 3.21. The molecule has 1 fully saturated rings. The van der Waals surface area contributed by atoms with Gasteiger partial charge in [0.05, 0.1) is 6.54 Å². The van der Waals surface area contributed by atoms with Gasteiger partial charge in [-0.1, -0.05) is 6.92 Å². The van der Waals surface area contributed by atoms with Crippen molar-refractivity contribution >= 4 is 5.96 Å². The first kappa shape index (κ1) is 14.3. The van der Waals surface area contributed by atoms with Crippen molar-refractivity contribution in [2.45, 2.75) is 19.8 Å². The first-order valence-electron chi connectivity index (χ1n) is 6.62. The van der Waals surface area contributed by atoms with E-state index in [0.29, 0.717) is 0 Å². The van der Waals surface area contributed by atoms with Gasteiger partial charge in [0.15, 0.2) is 5.96 Å². The normalized spacial score (nSPS) is 21.1. The fourth-order valence-electron chi connectivity index (χ4n) is 2.46. The van der Waals surface area contributed by atoms with E-state index in [1.54, 1.807) is 0 Å². The molecule has 1 atom stereocenters. The maximum atomic E-state index is 4.67. The first-order valence-corrected chi connectivity index (χ1v) is 6.62. The summed E-state index contributed by atoms with van der Waals surface area (Å²) in [4.78, 5) is 11.3. The van der Waals surface area contributed by atoms with Crippen molar-refractivity contribution in [1.29, 1.82) is 0 Å². The van der Waals surface area contributed by atoms with Crippen molar-refractivity contribution in [3.63, 3.8) is 0 Å². The minimum Gasteiger partial charge on any atom is -0.349 e. The van der Waals surface area contributed by atoms with E-state index in [1.165, 1.54) is 25.9 Å². The van der Waals surface area contributed by atoms with E-state index in [2.05, 4.69) is 26.6 Å². The fraction of sp³-hybridized carbons (Fsp3) is 0.923. The van der Waals surface area contributed by atoms with Gasteiger partial charge in [-0.25, -0.2) is 0 Å². The van der Waals surface area contributed by atoms with Crippen molar-refractivity contribution in [3.05, 3.63) is 0 Å². The summed E-state index contributed by atoms with van der Waals surface area (Å²) in [5, 5.41) is 0. The van der Waals surface area contributed by atoms with Crippen LogP contribution in [-0.2, 0) is 0 Å². The smallest absolute Gasteiger partial charge is 0.195 e. The molecule has 0 unspecified atom stereocenters. The van der Waals surface area contributed by atoms with Crippen LogP contribution in [0.2, 0.25) is 0 Å². The maximum absolute atomic E-state index is 4.67. The van der Waals surface area contributed by atoms with Gasteiger partial charge in [0.2, 0.25) is 0 Å². The van der Waals surface area contributed by atoms with Crippen LogP contribution < -0.4 is 0 Å². The molecule has 1 aliphatic rings. The molecule has 17 heavy (non-hydrogen) atoms. The Morgan fingerprint density at radius 1 is 1.24 bits per heavy atom. The monoisotopic (exact) mass is 240 g/mol. The highest BCUT2D eigenvalue weighted by atomic mass is 15.3. The predicted octanol–water partition coefficient (Wildman–Crippen LogP) is 1.20. The predicted molar refractivity (Wildman–Crippen MR) is 74.5 cm³/mol. The molecule has 0 aromatic carbocycles. The van der Waals surface area contributed by atoms with Crippen LogP contribution in [0.4, 0.5) is 0 Å². The molecule has 1 heterocycles. The van der Waals surface area contributed by atoms with E-state index >= 15 is 0 Å². The van der Waals surface area contributed by atoms with Gasteiger partial charge in [-0.05, 0) is 25.3 Å². The molecule has 4 nitrogen and oxygen atoms in total. The Morgan fingerprint density at radius 3 is 2.41 bits per heavy atom. The van der Waals surface area contributed by atoms with E-state index in [4.69, 9.17) is 0 Å². The van der Waals surface area contributed by atoms with E-state index < -0.39 is 0 Å². The topological polar surface area (TPSA) is 22.1 Å². The molecule has 0 aromatic heterocycles. The summed E-state index contributed by atoms with van der Waals surface area (Å²) in [7, 11) is 8.17. The van der Waals surface area contributed by atoms with E-state index in [-0.39, 0.29) is 0 Å². The third kappa shape index (κ3) is 4.94. The van der Waals surface area contributed by atoms with E-state index in [0.717, 1.165) is 25.0 Å². The quantitative estimate of drug-likeness (QED) is 0.547. The van der Waals surface area contributed by atoms with Crippen LogP contribution in [0, 0.1) is 5.92 Å². The van der Waals surface area contributed by atoms with Crippen LogP contribution in [0.3, 0.4) is 0 Å². The van der Waals surface area contributed by atoms with Crippen molar-refractivity contribution in [2.24, 2.45) is 10.9 Å². The molecule has 0 spiro atoms. The Labute approximate surface area is 106 Å². The van der Waals surface area contributed by atoms with Gasteiger partial charge in [-0.3, -0.25) is 4.99 Å². The number of piperidine rings is 1. The average Bonchev–Trinajstić information content (AvgIpc) is 2.23. The number of rotatable bonds is 3. The van der Waals surface area contributed by atoms with Crippen LogP contribution in [0.25, 0.3) is 0 Å². The van der Waals surface area contributed by atoms with Crippen molar-refractivity contribution in [3.8, 4) is 0 Å². The van der Waals surface area contributed by atoms with Gasteiger partial charge in [0.1, 0.15) is 0 Å². The number of likely N-dealkylation sites (tertiary alicyclic amines) is 1. The summed E-state index contributed by atoms with van der Waals surface area (Å²) in [5.74, 6) is 1.91. The van der Waals surface area contributed by atoms with Crippen LogP contribution >= 0.6 is 0 Å². The van der Waals surface area contributed by atoms with E-state index in [9.17, 15) is 0 Å². The summed E-state index contributed by atoms with van der Waals surface area (Å²) in [6, 6.07) is 0. The lowest BCUT2D eigenvalue weighted by atomic mass is 10.0. The zero-order valence-corrected chi connectivity index (χ0v) is 12.1. The third-order valence-electron chi connectivity index (χ3n) is 3.21. The number of aliphatic imine (C=N–C) groups is 1. The molecule has 0 aromatic rings. The van der Waals surface area contributed by atoms with Gasteiger partial charge >= 0.3 is 0 Å². The molecule has 1 aliphatic heterocycles. The minimum atomic E-state index is 0.856. The molecule has 0 N–H and O–H groups in total. The Bertz CT molecular complexity index is 238. The second kappa shape index (κ2) is 6.84. The largest absolute Gasteiger partial charge is 0.349 e. The highest BCUT2D eigenvalue weighted by molar-refractivity contribution is 5.79. The van der Waals surface area contributed by atoms with Gasteiger partial charge in [0.25, 0.3) is 0 Å². The lowest BCUT2D eigenvalue weighted by molar-refractivity contribution is 0.188. The Kier molecular flexibility index (Phi) is 5.75. The standard InChI is InChI=1S/C13H28N4/c1-12-7-6-9-17(11-12)10-8-14-13(15(2)3)16(4)5/h12H,6-11H2,1-5H3/t12-/m0/s1. The van der Waals surface area contributed by atoms with Gasteiger partial charge < -0.3 is 14.7 Å². The van der Waals surface area contributed by atoms with Gasteiger partial charge in [-0.2, -0.15) is 0 Å². The summed E-state index contributed by atoms with van der Waals surface area (Å²) in [6.45, 7) is 6.84. The van der Waals surface area contributed by atoms with Crippen molar-refractivity contribution in [2.75, 3.05) is 54.4 Å². The van der Waals surface area contributed by atoms with Crippen LogP contribution in [-0.4, -0.2) is 75.0 Å². The molecule has 0 radical (unpaired) electrons. The molecule has 0 saturated carbocycles. The van der Waals surface area contributed by atoms with Crippen LogP contribution in [0.1, 0.15) is 19.8 Å². The van der Waals surface area contributed by atoms with Gasteiger partial charge in [0, 0.05) is 41.3 Å². The molecule has 1 rings (SSSR count). The zero-order valence-electron chi connectivity index (χ0n) is 12.1. The zero-order chi connectivity index (χ0) is 12.8. The molecular formula is C13H28N4. The first-order chi connectivity index (χ1) is 8.00. The van der Waals surface area contributed by atoms with Crippen molar-refractivity contribution in [1.82, 2.24) is 14.7 Å². The van der Waals surface area contributed by atoms with E-state index in [1.807, 2.05) is 28.2 Å². The summed E-state index contributed by atoms with van der Waals surface area (Å²) >= 11 is 0. The maximum Gasteiger partial charge on any atom is 0.195 e. The molecular weight excluding hydrogens is 212 g/mol. The highest BCUT2D eigenvalue weighted by Gasteiger charge is 2.15. The molecule has 0 aliphatic carbocycles. The number of guanidine groups is 1. The number of hydrogen-bond acceptors (Lipinski definition) is 2. The lowest BCUT2D eigenvalue weighted by Gasteiger charge is -2.30. The van der Waals surface area contributed by atoms with Gasteiger partial charge in [-0.15, -0.1) is 0 Å². The number of hydrogen-bond donors (Lipinski definition) is 0.